The number of hydrogen-bond acceptors (Lipinski definition) is 2. The molecule has 0 amide bonds. The van der Waals surface area contributed by atoms with E-state index in [1.165, 1.54) is 0 Å². The molecule has 0 spiro atoms. The standard InChI is InChI=1S/C16H16Cl3NO/c1-10(20)7-12-3-2-4-14(18)16(12)21-9-11-5-6-13(17)15(19)8-11/h2-6,8,10H,7,9,20H2,1H3. The third-order valence-electron chi connectivity index (χ3n) is 2.96. The lowest BCUT2D eigenvalue weighted by atomic mass is 10.1. The van der Waals surface area contributed by atoms with E-state index >= 15 is 0 Å². The van der Waals surface area contributed by atoms with E-state index in [0.717, 1.165) is 11.1 Å². The molecule has 0 saturated carbocycles. The van der Waals surface area contributed by atoms with Gasteiger partial charge in [-0.2, -0.15) is 0 Å². The zero-order valence-electron chi connectivity index (χ0n) is 11.6. The molecule has 2 rings (SSSR count). The topological polar surface area (TPSA) is 35.2 Å². The number of halogens is 3. The van der Waals surface area contributed by atoms with Gasteiger partial charge in [0, 0.05) is 6.04 Å². The van der Waals surface area contributed by atoms with Crippen LogP contribution >= 0.6 is 34.8 Å². The second kappa shape index (κ2) is 7.37. The third kappa shape index (κ3) is 4.52. The van der Waals surface area contributed by atoms with Crippen LogP contribution in [-0.4, -0.2) is 6.04 Å². The van der Waals surface area contributed by atoms with Crippen molar-refractivity contribution in [1.29, 1.82) is 0 Å². The van der Waals surface area contributed by atoms with Gasteiger partial charge < -0.3 is 10.5 Å². The zero-order chi connectivity index (χ0) is 15.4. The van der Waals surface area contributed by atoms with Gasteiger partial charge >= 0.3 is 0 Å². The molecule has 0 aromatic heterocycles. The van der Waals surface area contributed by atoms with E-state index in [4.69, 9.17) is 45.3 Å². The van der Waals surface area contributed by atoms with Crippen molar-refractivity contribution in [2.45, 2.75) is 26.0 Å². The lowest BCUT2D eigenvalue weighted by Gasteiger charge is -2.15. The highest BCUT2D eigenvalue weighted by Gasteiger charge is 2.11. The van der Waals surface area contributed by atoms with Gasteiger partial charge in [-0.25, -0.2) is 0 Å². The summed E-state index contributed by atoms with van der Waals surface area (Å²) in [6, 6.07) is 11.1. The summed E-state index contributed by atoms with van der Waals surface area (Å²) in [5.74, 6) is 0.669. The molecular formula is C16H16Cl3NO. The van der Waals surface area contributed by atoms with Crippen LogP contribution in [0.4, 0.5) is 0 Å². The molecule has 0 heterocycles. The summed E-state index contributed by atoms with van der Waals surface area (Å²) in [6.45, 7) is 2.32. The Kier molecular flexibility index (Phi) is 5.77. The Morgan fingerprint density at radius 3 is 2.48 bits per heavy atom. The first-order valence-electron chi connectivity index (χ1n) is 6.57. The Morgan fingerprint density at radius 2 is 1.81 bits per heavy atom. The minimum atomic E-state index is 0.0378. The zero-order valence-corrected chi connectivity index (χ0v) is 13.8. The van der Waals surface area contributed by atoms with Crippen molar-refractivity contribution in [3.63, 3.8) is 0 Å². The molecule has 0 saturated heterocycles. The summed E-state index contributed by atoms with van der Waals surface area (Å²) in [5.41, 5.74) is 7.78. The van der Waals surface area contributed by atoms with Gasteiger partial charge in [0.05, 0.1) is 15.1 Å². The molecule has 0 radical (unpaired) electrons. The Morgan fingerprint density at radius 1 is 1.05 bits per heavy atom. The summed E-state index contributed by atoms with van der Waals surface area (Å²) >= 11 is 18.1. The number of para-hydroxylation sites is 1. The molecule has 21 heavy (non-hydrogen) atoms. The van der Waals surface area contributed by atoms with Crippen LogP contribution in [0.5, 0.6) is 5.75 Å². The number of benzene rings is 2. The van der Waals surface area contributed by atoms with Crippen LogP contribution in [0.25, 0.3) is 0 Å². The van der Waals surface area contributed by atoms with Crippen LogP contribution in [0.3, 0.4) is 0 Å². The number of rotatable bonds is 5. The van der Waals surface area contributed by atoms with Gasteiger partial charge in [-0.15, -0.1) is 0 Å². The van der Waals surface area contributed by atoms with E-state index in [1.807, 2.05) is 25.1 Å². The fourth-order valence-corrected chi connectivity index (χ4v) is 2.58. The lowest BCUT2D eigenvalue weighted by molar-refractivity contribution is 0.302. The van der Waals surface area contributed by atoms with Gasteiger partial charge in [0.1, 0.15) is 12.4 Å². The summed E-state index contributed by atoms with van der Waals surface area (Å²) in [7, 11) is 0. The Balaban J connectivity index is 2.17. The van der Waals surface area contributed by atoms with Gasteiger partial charge in [0.15, 0.2) is 0 Å². The summed E-state index contributed by atoms with van der Waals surface area (Å²) in [4.78, 5) is 0. The van der Waals surface area contributed by atoms with E-state index in [1.54, 1.807) is 18.2 Å². The number of ether oxygens (including phenoxy) is 1. The first-order chi connectivity index (χ1) is 9.97. The molecule has 2 aromatic carbocycles. The van der Waals surface area contributed by atoms with Crippen molar-refractivity contribution in [2.75, 3.05) is 0 Å². The maximum atomic E-state index is 6.22. The van der Waals surface area contributed by atoms with Crippen molar-refractivity contribution in [2.24, 2.45) is 5.73 Å². The minimum Gasteiger partial charge on any atom is -0.487 e. The van der Waals surface area contributed by atoms with E-state index in [-0.39, 0.29) is 6.04 Å². The molecule has 0 fully saturated rings. The van der Waals surface area contributed by atoms with Gasteiger partial charge in [-0.3, -0.25) is 0 Å². The van der Waals surface area contributed by atoms with Crippen molar-refractivity contribution in [1.82, 2.24) is 0 Å². The maximum Gasteiger partial charge on any atom is 0.141 e. The van der Waals surface area contributed by atoms with Crippen LogP contribution < -0.4 is 10.5 Å². The predicted molar refractivity (Wildman–Crippen MR) is 89.6 cm³/mol. The molecule has 2 aromatic rings. The fourth-order valence-electron chi connectivity index (χ4n) is 2.01. The molecule has 0 bridgehead atoms. The predicted octanol–water partition coefficient (Wildman–Crippen LogP) is 5.12. The Hall–Kier alpha value is -0.930. The monoisotopic (exact) mass is 343 g/mol. The van der Waals surface area contributed by atoms with Crippen molar-refractivity contribution < 1.29 is 4.74 Å². The lowest BCUT2D eigenvalue weighted by Crippen LogP contribution is -2.18. The normalized spacial score (nSPS) is 12.2. The number of hydrogen-bond donors (Lipinski definition) is 1. The van der Waals surface area contributed by atoms with Crippen LogP contribution in [0.1, 0.15) is 18.1 Å². The molecule has 1 atom stereocenters. The summed E-state index contributed by atoms with van der Waals surface area (Å²) < 4.78 is 5.86. The first-order valence-corrected chi connectivity index (χ1v) is 7.70. The van der Waals surface area contributed by atoms with E-state index in [2.05, 4.69) is 0 Å². The molecule has 1 unspecified atom stereocenters. The molecular weight excluding hydrogens is 329 g/mol. The Labute approximate surface area is 139 Å². The molecule has 0 aliphatic heterocycles. The molecule has 0 aliphatic carbocycles. The van der Waals surface area contributed by atoms with Gasteiger partial charge in [0.25, 0.3) is 0 Å². The molecule has 2 nitrogen and oxygen atoms in total. The molecule has 5 heteroatoms. The first kappa shape index (κ1) is 16.4. The molecule has 112 valence electrons. The molecule has 2 N–H and O–H groups in total. The van der Waals surface area contributed by atoms with Crippen LogP contribution in [0.2, 0.25) is 15.1 Å². The van der Waals surface area contributed by atoms with Crippen LogP contribution in [0.15, 0.2) is 36.4 Å². The van der Waals surface area contributed by atoms with Crippen LogP contribution in [0, 0.1) is 0 Å². The Bertz CT molecular complexity index is 629. The van der Waals surface area contributed by atoms with Crippen molar-refractivity contribution in [3.05, 3.63) is 62.6 Å². The highest BCUT2D eigenvalue weighted by Crippen LogP contribution is 2.31. The fraction of sp³-hybridized carbons (Fsp3) is 0.250. The average Bonchev–Trinajstić information content (AvgIpc) is 2.41. The minimum absolute atomic E-state index is 0.0378. The van der Waals surface area contributed by atoms with E-state index < -0.39 is 0 Å². The number of nitrogens with two attached hydrogens (primary N) is 1. The van der Waals surface area contributed by atoms with Gasteiger partial charge in [0.2, 0.25) is 0 Å². The van der Waals surface area contributed by atoms with E-state index in [9.17, 15) is 0 Å². The van der Waals surface area contributed by atoms with Crippen LogP contribution in [-0.2, 0) is 13.0 Å². The second-order valence-electron chi connectivity index (χ2n) is 4.95. The van der Waals surface area contributed by atoms with Gasteiger partial charge in [-0.05, 0) is 42.7 Å². The largest absolute Gasteiger partial charge is 0.487 e. The van der Waals surface area contributed by atoms with Crippen molar-refractivity contribution >= 4 is 34.8 Å². The highest BCUT2D eigenvalue weighted by atomic mass is 35.5. The van der Waals surface area contributed by atoms with Gasteiger partial charge in [-0.1, -0.05) is 53.0 Å². The maximum absolute atomic E-state index is 6.22. The summed E-state index contributed by atoms with van der Waals surface area (Å²) in [6.07, 6.45) is 0.706. The highest BCUT2D eigenvalue weighted by molar-refractivity contribution is 6.42. The SMILES string of the molecule is CC(N)Cc1cccc(Cl)c1OCc1ccc(Cl)c(Cl)c1. The van der Waals surface area contributed by atoms with Crippen molar-refractivity contribution in [3.8, 4) is 5.75 Å². The average molecular weight is 345 g/mol. The third-order valence-corrected chi connectivity index (χ3v) is 3.99. The second-order valence-corrected chi connectivity index (χ2v) is 6.17. The quantitative estimate of drug-likeness (QED) is 0.817. The summed E-state index contributed by atoms with van der Waals surface area (Å²) in [5, 5.41) is 1.61. The molecule has 0 aliphatic rings. The van der Waals surface area contributed by atoms with E-state index in [0.29, 0.717) is 33.8 Å². The smallest absolute Gasteiger partial charge is 0.141 e.